The van der Waals surface area contributed by atoms with Crippen LogP contribution in [0.5, 0.6) is 0 Å². The summed E-state index contributed by atoms with van der Waals surface area (Å²) in [4.78, 5) is 24.3. The Hall–Kier alpha value is -2.66. The molecule has 0 saturated heterocycles. The molecule has 0 aromatic heterocycles. The van der Waals surface area contributed by atoms with Crippen LogP contribution in [0.4, 0.5) is 4.39 Å². The third kappa shape index (κ3) is 4.06. The maximum Gasteiger partial charge on any atom is 0.249 e. The van der Waals surface area contributed by atoms with Gasteiger partial charge in [0.25, 0.3) is 0 Å². The molecule has 1 unspecified atom stereocenters. The van der Waals surface area contributed by atoms with E-state index in [1.54, 1.807) is 18.2 Å². The lowest BCUT2D eigenvalue weighted by Crippen LogP contribution is -2.34. The van der Waals surface area contributed by atoms with Crippen LogP contribution in [0.3, 0.4) is 0 Å². The second kappa shape index (κ2) is 7.49. The highest BCUT2D eigenvalue weighted by atomic mass is 35.5. The summed E-state index contributed by atoms with van der Waals surface area (Å²) < 4.78 is 13.1. The van der Waals surface area contributed by atoms with E-state index in [-0.39, 0.29) is 30.6 Å². The third-order valence-electron chi connectivity index (χ3n) is 4.09. The van der Waals surface area contributed by atoms with E-state index in [1.807, 2.05) is 18.2 Å². The average molecular weight is 359 g/mol. The minimum absolute atomic E-state index is 0.136. The van der Waals surface area contributed by atoms with Gasteiger partial charge in [0.15, 0.2) is 0 Å². The number of rotatable bonds is 4. The summed E-state index contributed by atoms with van der Waals surface area (Å²) in [7, 11) is 0. The van der Waals surface area contributed by atoms with Crippen LogP contribution in [0.1, 0.15) is 23.5 Å². The summed E-state index contributed by atoms with van der Waals surface area (Å²) in [5.74, 6) is -1.26. The monoisotopic (exact) mass is 358 g/mol. The first-order valence-corrected chi connectivity index (χ1v) is 8.19. The molecule has 4 nitrogen and oxygen atoms in total. The van der Waals surface area contributed by atoms with E-state index < -0.39 is 5.92 Å². The SMILES string of the molecule is O=C1CC(c2ccc(F)cc2)C(C(=O)NCc2ccccc2Cl)=CN1. The Labute approximate surface area is 149 Å². The molecule has 2 amide bonds. The van der Waals surface area contributed by atoms with Gasteiger partial charge in [-0.25, -0.2) is 4.39 Å². The maximum atomic E-state index is 13.1. The van der Waals surface area contributed by atoms with Crippen LogP contribution in [-0.2, 0) is 16.1 Å². The van der Waals surface area contributed by atoms with E-state index in [9.17, 15) is 14.0 Å². The Morgan fingerprint density at radius 3 is 2.64 bits per heavy atom. The quantitative estimate of drug-likeness (QED) is 0.881. The van der Waals surface area contributed by atoms with Crippen molar-refractivity contribution in [3.05, 3.63) is 82.3 Å². The van der Waals surface area contributed by atoms with Crippen molar-refractivity contribution in [2.75, 3.05) is 0 Å². The van der Waals surface area contributed by atoms with E-state index in [0.29, 0.717) is 10.6 Å². The van der Waals surface area contributed by atoms with Crippen molar-refractivity contribution in [1.29, 1.82) is 0 Å². The lowest BCUT2D eigenvalue weighted by atomic mass is 9.86. The van der Waals surface area contributed by atoms with Gasteiger partial charge < -0.3 is 10.6 Å². The number of carbonyl (C=O) groups is 2. The fraction of sp³-hybridized carbons (Fsp3) is 0.158. The average Bonchev–Trinajstić information content (AvgIpc) is 2.61. The summed E-state index contributed by atoms with van der Waals surface area (Å²) in [6.45, 7) is 0.278. The highest BCUT2D eigenvalue weighted by Gasteiger charge is 2.28. The summed E-state index contributed by atoms with van der Waals surface area (Å²) in [5.41, 5.74) is 1.95. The van der Waals surface area contributed by atoms with Crippen molar-refractivity contribution in [1.82, 2.24) is 10.6 Å². The normalized spacial score (nSPS) is 16.8. The Balaban J connectivity index is 1.78. The van der Waals surface area contributed by atoms with Crippen LogP contribution in [0.2, 0.25) is 5.02 Å². The lowest BCUT2D eigenvalue weighted by molar-refractivity contribution is -0.121. The van der Waals surface area contributed by atoms with Gasteiger partial charge in [0, 0.05) is 35.7 Å². The predicted octanol–water partition coefficient (Wildman–Crippen LogP) is 3.28. The molecule has 0 saturated carbocycles. The second-order valence-corrected chi connectivity index (χ2v) is 6.16. The van der Waals surface area contributed by atoms with Crippen LogP contribution in [0.25, 0.3) is 0 Å². The summed E-state index contributed by atoms with van der Waals surface area (Å²) in [6.07, 6.45) is 1.55. The zero-order valence-corrected chi connectivity index (χ0v) is 14.0. The second-order valence-electron chi connectivity index (χ2n) is 5.75. The van der Waals surface area contributed by atoms with Crippen molar-refractivity contribution in [2.45, 2.75) is 18.9 Å². The smallest absolute Gasteiger partial charge is 0.249 e. The van der Waals surface area contributed by atoms with Crippen molar-refractivity contribution >= 4 is 23.4 Å². The molecule has 1 atom stereocenters. The van der Waals surface area contributed by atoms with Crippen LogP contribution in [-0.4, -0.2) is 11.8 Å². The highest BCUT2D eigenvalue weighted by Crippen LogP contribution is 2.30. The maximum absolute atomic E-state index is 13.1. The molecule has 1 heterocycles. The number of carbonyl (C=O) groups excluding carboxylic acids is 2. The molecule has 0 spiro atoms. The molecule has 2 aromatic carbocycles. The number of hydrogen-bond acceptors (Lipinski definition) is 2. The molecule has 25 heavy (non-hydrogen) atoms. The van der Waals surface area contributed by atoms with Gasteiger partial charge >= 0.3 is 0 Å². The molecule has 2 aromatic rings. The summed E-state index contributed by atoms with van der Waals surface area (Å²) in [6, 6.07) is 13.1. The summed E-state index contributed by atoms with van der Waals surface area (Å²) in [5, 5.41) is 5.96. The van der Waals surface area contributed by atoms with Gasteiger partial charge in [-0.1, -0.05) is 41.9 Å². The summed E-state index contributed by atoms with van der Waals surface area (Å²) >= 11 is 6.09. The van der Waals surface area contributed by atoms with Gasteiger partial charge in [0.2, 0.25) is 11.8 Å². The molecule has 2 N–H and O–H groups in total. The van der Waals surface area contributed by atoms with Gasteiger partial charge in [-0.2, -0.15) is 0 Å². The Morgan fingerprint density at radius 1 is 1.20 bits per heavy atom. The van der Waals surface area contributed by atoms with E-state index >= 15 is 0 Å². The van der Waals surface area contributed by atoms with E-state index in [1.165, 1.54) is 18.3 Å². The van der Waals surface area contributed by atoms with Crippen LogP contribution in [0.15, 0.2) is 60.3 Å². The number of benzene rings is 2. The van der Waals surface area contributed by atoms with Gasteiger partial charge in [0.05, 0.1) is 0 Å². The molecule has 0 aliphatic carbocycles. The zero-order chi connectivity index (χ0) is 17.8. The molecule has 1 aliphatic rings. The minimum Gasteiger partial charge on any atom is -0.348 e. The topological polar surface area (TPSA) is 58.2 Å². The highest BCUT2D eigenvalue weighted by molar-refractivity contribution is 6.31. The fourth-order valence-electron chi connectivity index (χ4n) is 2.75. The van der Waals surface area contributed by atoms with E-state index in [0.717, 1.165) is 11.1 Å². The minimum atomic E-state index is -0.416. The fourth-order valence-corrected chi connectivity index (χ4v) is 2.95. The van der Waals surface area contributed by atoms with Crippen LogP contribution in [0, 0.1) is 5.82 Å². The van der Waals surface area contributed by atoms with Gasteiger partial charge in [-0.3, -0.25) is 9.59 Å². The largest absolute Gasteiger partial charge is 0.348 e. The molecular formula is C19H16ClFN2O2. The number of nitrogens with one attached hydrogen (secondary N) is 2. The number of hydrogen-bond donors (Lipinski definition) is 2. The van der Waals surface area contributed by atoms with Gasteiger partial charge in [-0.15, -0.1) is 0 Å². The van der Waals surface area contributed by atoms with Crippen molar-refractivity contribution < 1.29 is 14.0 Å². The molecule has 0 fully saturated rings. The van der Waals surface area contributed by atoms with E-state index in [4.69, 9.17) is 11.6 Å². The molecule has 128 valence electrons. The predicted molar refractivity (Wildman–Crippen MR) is 93.3 cm³/mol. The zero-order valence-electron chi connectivity index (χ0n) is 13.3. The first-order valence-electron chi connectivity index (χ1n) is 7.81. The van der Waals surface area contributed by atoms with Gasteiger partial charge in [0.1, 0.15) is 5.82 Å². The van der Waals surface area contributed by atoms with Crippen LogP contribution < -0.4 is 10.6 Å². The van der Waals surface area contributed by atoms with Crippen molar-refractivity contribution in [2.24, 2.45) is 0 Å². The molecule has 0 radical (unpaired) electrons. The first-order chi connectivity index (χ1) is 12.0. The Morgan fingerprint density at radius 2 is 1.92 bits per heavy atom. The standard InChI is InChI=1S/C19H16ClFN2O2/c20-17-4-2-1-3-13(17)10-23-19(25)16-11-22-18(24)9-15(16)12-5-7-14(21)8-6-12/h1-8,11,15H,9-10H2,(H,22,24)(H,23,25). The van der Waals surface area contributed by atoms with Crippen molar-refractivity contribution in [3.8, 4) is 0 Å². The number of amides is 2. The molecular weight excluding hydrogens is 343 g/mol. The number of halogens is 2. The lowest BCUT2D eigenvalue weighted by Gasteiger charge is -2.24. The Kier molecular flexibility index (Phi) is 5.14. The molecule has 1 aliphatic heterocycles. The third-order valence-corrected chi connectivity index (χ3v) is 4.45. The Bertz CT molecular complexity index is 834. The van der Waals surface area contributed by atoms with E-state index in [2.05, 4.69) is 10.6 Å². The van der Waals surface area contributed by atoms with Crippen molar-refractivity contribution in [3.63, 3.8) is 0 Å². The van der Waals surface area contributed by atoms with Crippen LogP contribution >= 0.6 is 11.6 Å². The molecule has 6 heteroatoms. The molecule has 0 bridgehead atoms. The first kappa shape index (κ1) is 17.2. The molecule has 3 rings (SSSR count). The van der Waals surface area contributed by atoms with Gasteiger partial charge in [-0.05, 0) is 29.3 Å².